The van der Waals surface area contributed by atoms with E-state index in [2.05, 4.69) is 22.0 Å². The molecule has 0 heterocycles. The number of nitrogens with zero attached hydrogens (tertiary/aromatic N) is 1. The van der Waals surface area contributed by atoms with Crippen LogP contribution in [0.5, 0.6) is 11.5 Å². The Morgan fingerprint density at radius 3 is 2.74 bits per heavy atom. The Morgan fingerprint density at radius 2 is 2.11 bits per heavy atom. The quantitative estimate of drug-likeness (QED) is 0.741. The summed E-state index contributed by atoms with van der Waals surface area (Å²) in [5.74, 6) is 0.373. The molecule has 0 N–H and O–H groups in total. The molecule has 2 aromatic rings. The lowest BCUT2D eigenvalue weighted by Gasteiger charge is -2.10. The molecule has 0 aliphatic rings. The van der Waals surface area contributed by atoms with Gasteiger partial charge in [-0.1, -0.05) is 22.0 Å². The maximum absolute atomic E-state index is 13.3. The van der Waals surface area contributed by atoms with Crippen LogP contribution in [0.1, 0.15) is 5.56 Å². The van der Waals surface area contributed by atoms with Crippen LogP contribution in [0.25, 0.3) is 0 Å². The number of thioether (sulfide) groups is 1. The number of benzene rings is 2. The maximum atomic E-state index is 13.3. The number of halogens is 2. The minimum absolute atomic E-state index is 0.349. The zero-order valence-corrected chi connectivity index (χ0v) is 12.4. The first-order valence-electron chi connectivity index (χ1n) is 5.35. The van der Waals surface area contributed by atoms with E-state index in [1.807, 2.05) is 12.3 Å². The molecular formula is C14H9BrFNOS. The van der Waals surface area contributed by atoms with Crippen molar-refractivity contribution in [2.24, 2.45) is 0 Å². The molecule has 0 unspecified atom stereocenters. The predicted octanol–water partition coefficient (Wildman–Crippen LogP) is 4.97. The first-order valence-corrected chi connectivity index (χ1v) is 7.37. The molecule has 2 aromatic carbocycles. The van der Waals surface area contributed by atoms with Gasteiger partial charge in [0.2, 0.25) is 0 Å². The monoisotopic (exact) mass is 337 g/mol. The van der Waals surface area contributed by atoms with Crippen LogP contribution in [0.2, 0.25) is 0 Å². The Bertz CT molecular complexity index is 634. The van der Waals surface area contributed by atoms with Crippen molar-refractivity contribution in [2.45, 2.75) is 4.90 Å². The summed E-state index contributed by atoms with van der Waals surface area (Å²) in [5.41, 5.74) is 0.454. The van der Waals surface area contributed by atoms with E-state index >= 15 is 0 Å². The van der Waals surface area contributed by atoms with E-state index in [9.17, 15) is 9.65 Å². The van der Waals surface area contributed by atoms with Crippen LogP contribution in [-0.2, 0) is 0 Å². The molecule has 0 aromatic heterocycles. The third kappa shape index (κ3) is 3.28. The van der Waals surface area contributed by atoms with E-state index in [-0.39, 0.29) is 0 Å². The lowest BCUT2D eigenvalue weighted by molar-refractivity contribution is 0.473. The van der Waals surface area contributed by atoms with E-state index in [0.29, 0.717) is 21.5 Å². The summed E-state index contributed by atoms with van der Waals surface area (Å²) in [6.45, 7) is 0. The van der Waals surface area contributed by atoms with Gasteiger partial charge in [-0.3, -0.25) is 0 Å². The van der Waals surface area contributed by atoms with E-state index in [1.54, 1.807) is 18.2 Å². The van der Waals surface area contributed by atoms with Gasteiger partial charge in [0.25, 0.3) is 0 Å². The molecule has 0 saturated carbocycles. The third-order valence-electron chi connectivity index (χ3n) is 2.38. The smallest absolute Gasteiger partial charge is 0.146 e. The number of hydrogen-bond donors (Lipinski definition) is 0. The summed E-state index contributed by atoms with van der Waals surface area (Å²) in [5, 5.41) is 9.19. The Hall–Kier alpha value is -1.51. The van der Waals surface area contributed by atoms with Gasteiger partial charge in [0.1, 0.15) is 28.9 Å². The summed E-state index contributed by atoms with van der Waals surface area (Å²) in [4.78, 5) is 0.829. The second-order valence-corrected chi connectivity index (χ2v) is 5.42. The highest BCUT2D eigenvalue weighted by Crippen LogP contribution is 2.32. The zero-order valence-electron chi connectivity index (χ0n) is 9.98. The summed E-state index contributed by atoms with van der Waals surface area (Å²) in [7, 11) is 0. The molecule has 5 heteroatoms. The minimum atomic E-state index is -0.399. The molecule has 19 heavy (non-hydrogen) atoms. The minimum Gasteiger partial charge on any atom is -0.456 e. The Kier molecular flexibility index (Phi) is 4.46. The highest BCUT2D eigenvalue weighted by atomic mass is 79.9. The number of hydrogen-bond acceptors (Lipinski definition) is 3. The first-order chi connectivity index (χ1) is 9.13. The summed E-state index contributed by atoms with van der Waals surface area (Å²) in [6, 6.07) is 11.7. The maximum Gasteiger partial charge on any atom is 0.146 e. The van der Waals surface area contributed by atoms with Crippen LogP contribution in [0.15, 0.2) is 45.8 Å². The standard InChI is InChI=1S/C14H9BrFNOS/c1-19-14-4-2-3-13(12(14)8-17)18-11-6-9(15)5-10(16)7-11/h2-7H,1H3. The molecule has 0 saturated heterocycles. The molecule has 0 atom stereocenters. The molecule has 0 amide bonds. The fraction of sp³-hybridized carbons (Fsp3) is 0.0714. The Balaban J connectivity index is 2.41. The van der Waals surface area contributed by atoms with Crippen LogP contribution in [-0.4, -0.2) is 6.26 Å². The molecule has 0 radical (unpaired) electrons. The van der Waals surface area contributed by atoms with Gasteiger partial charge in [0, 0.05) is 15.4 Å². The van der Waals surface area contributed by atoms with Gasteiger partial charge in [0.15, 0.2) is 0 Å². The molecule has 0 fully saturated rings. The lowest BCUT2D eigenvalue weighted by Crippen LogP contribution is -1.91. The average Bonchev–Trinajstić information content (AvgIpc) is 2.37. The molecular weight excluding hydrogens is 329 g/mol. The van der Waals surface area contributed by atoms with Crippen molar-refractivity contribution in [3.8, 4) is 17.6 Å². The SMILES string of the molecule is CSc1cccc(Oc2cc(F)cc(Br)c2)c1C#N. The van der Waals surface area contributed by atoms with Crippen LogP contribution >= 0.6 is 27.7 Å². The molecule has 0 aliphatic carbocycles. The van der Waals surface area contributed by atoms with Crippen molar-refractivity contribution in [2.75, 3.05) is 6.26 Å². The molecule has 2 rings (SSSR count). The number of ether oxygens (including phenoxy) is 1. The van der Waals surface area contributed by atoms with Crippen LogP contribution in [0, 0.1) is 17.1 Å². The van der Waals surface area contributed by atoms with E-state index in [4.69, 9.17) is 4.74 Å². The molecule has 2 nitrogen and oxygen atoms in total. The van der Waals surface area contributed by atoms with Gasteiger partial charge in [-0.2, -0.15) is 5.26 Å². The molecule has 96 valence electrons. The van der Waals surface area contributed by atoms with Crippen molar-refractivity contribution in [3.63, 3.8) is 0 Å². The van der Waals surface area contributed by atoms with Crippen LogP contribution < -0.4 is 4.74 Å². The number of rotatable bonds is 3. The fourth-order valence-corrected chi connectivity index (χ4v) is 2.60. The molecule has 0 bridgehead atoms. The summed E-state index contributed by atoms with van der Waals surface area (Å²) >= 11 is 4.67. The highest BCUT2D eigenvalue weighted by Gasteiger charge is 2.10. The van der Waals surface area contributed by atoms with Crippen molar-refractivity contribution in [3.05, 3.63) is 52.3 Å². The molecule has 0 aliphatic heterocycles. The van der Waals surface area contributed by atoms with Crippen molar-refractivity contribution in [1.29, 1.82) is 5.26 Å². The molecule has 0 spiro atoms. The van der Waals surface area contributed by atoms with E-state index < -0.39 is 5.82 Å². The number of nitriles is 1. The van der Waals surface area contributed by atoms with E-state index in [1.165, 1.54) is 23.9 Å². The van der Waals surface area contributed by atoms with Gasteiger partial charge in [-0.25, -0.2) is 4.39 Å². The average molecular weight is 338 g/mol. The van der Waals surface area contributed by atoms with E-state index in [0.717, 1.165) is 4.90 Å². The topological polar surface area (TPSA) is 33.0 Å². The zero-order chi connectivity index (χ0) is 13.8. The van der Waals surface area contributed by atoms with Gasteiger partial charge in [0.05, 0.1) is 0 Å². The van der Waals surface area contributed by atoms with Gasteiger partial charge >= 0.3 is 0 Å². The first kappa shape index (κ1) is 13.9. The Morgan fingerprint density at radius 1 is 1.32 bits per heavy atom. The lowest BCUT2D eigenvalue weighted by atomic mass is 10.2. The second kappa shape index (κ2) is 6.09. The largest absolute Gasteiger partial charge is 0.456 e. The van der Waals surface area contributed by atoms with Gasteiger partial charge < -0.3 is 4.74 Å². The van der Waals surface area contributed by atoms with Crippen LogP contribution in [0.4, 0.5) is 4.39 Å². The second-order valence-electron chi connectivity index (χ2n) is 3.65. The van der Waals surface area contributed by atoms with Crippen molar-refractivity contribution >= 4 is 27.7 Å². The Labute approximate surface area is 123 Å². The van der Waals surface area contributed by atoms with Gasteiger partial charge in [-0.15, -0.1) is 11.8 Å². The third-order valence-corrected chi connectivity index (χ3v) is 3.62. The summed E-state index contributed by atoms with van der Waals surface area (Å²) in [6.07, 6.45) is 1.89. The summed E-state index contributed by atoms with van der Waals surface area (Å²) < 4.78 is 19.5. The predicted molar refractivity (Wildman–Crippen MR) is 77.1 cm³/mol. The van der Waals surface area contributed by atoms with Crippen LogP contribution in [0.3, 0.4) is 0 Å². The van der Waals surface area contributed by atoms with Crippen molar-refractivity contribution in [1.82, 2.24) is 0 Å². The fourth-order valence-electron chi connectivity index (χ4n) is 1.59. The van der Waals surface area contributed by atoms with Crippen molar-refractivity contribution < 1.29 is 9.13 Å². The van der Waals surface area contributed by atoms with Gasteiger partial charge in [-0.05, 0) is 30.5 Å². The normalized spacial score (nSPS) is 10.0. The highest BCUT2D eigenvalue weighted by molar-refractivity contribution is 9.10.